The first-order valence-electron chi connectivity index (χ1n) is 8.98. The van der Waals surface area contributed by atoms with Crippen molar-refractivity contribution in [3.63, 3.8) is 0 Å². The number of aromatic nitrogens is 2. The SMILES string of the molecule is Cc1nn(C/C(F)=C/CN)c(C(C)O)c1Cc1ccc(S(=O)(=O)N(C)C)c(Cl)c1. The van der Waals surface area contributed by atoms with Crippen molar-refractivity contribution in [1.29, 1.82) is 0 Å². The summed E-state index contributed by atoms with van der Waals surface area (Å²) in [6, 6.07) is 4.70. The van der Waals surface area contributed by atoms with Crippen LogP contribution in [-0.4, -0.2) is 48.3 Å². The molecule has 1 heterocycles. The fraction of sp³-hybridized carbons (Fsp3) is 0.421. The van der Waals surface area contributed by atoms with E-state index in [0.717, 1.165) is 15.4 Å². The van der Waals surface area contributed by atoms with Crippen molar-refractivity contribution >= 4 is 21.6 Å². The minimum Gasteiger partial charge on any atom is -0.387 e. The van der Waals surface area contributed by atoms with Gasteiger partial charge in [-0.3, -0.25) is 4.68 Å². The third kappa shape index (κ3) is 5.23. The smallest absolute Gasteiger partial charge is 0.244 e. The van der Waals surface area contributed by atoms with Gasteiger partial charge in [-0.05, 0) is 37.6 Å². The molecule has 0 fully saturated rings. The molecule has 3 N–H and O–H groups in total. The summed E-state index contributed by atoms with van der Waals surface area (Å²) in [5.74, 6) is -0.440. The van der Waals surface area contributed by atoms with E-state index in [2.05, 4.69) is 5.10 Å². The molecule has 0 aliphatic carbocycles. The van der Waals surface area contributed by atoms with Crippen LogP contribution >= 0.6 is 11.6 Å². The highest BCUT2D eigenvalue weighted by Gasteiger charge is 2.23. The van der Waals surface area contributed by atoms with E-state index >= 15 is 0 Å². The molecule has 0 aliphatic rings. The number of rotatable bonds is 8. The first-order valence-corrected chi connectivity index (χ1v) is 10.8. The van der Waals surface area contributed by atoms with Crippen molar-refractivity contribution in [3.8, 4) is 0 Å². The summed E-state index contributed by atoms with van der Waals surface area (Å²) in [6.45, 7) is 3.30. The van der Waals surface area contributed by atoms with Gasteiger partial charge in [0.25, 0.3) is 0 Å². The molecule has 29 heavy (non-hydrogen) atoms. The Morgan fingerprint density at radius 2 is 2.10 bits per heavy atom. The third-order valence-electron chi connectivity index (χ3n) is 4.47. The van der Waals surface area contributed by atoms with E-state index in [1.54, 1.807) is 26.0 Å². The molecule has 160 valence electrons. The molecular weight excluding hydrogens is 419 g/mol. The van der Waals surface area contributed by atoms with Crippen LogP contribution in [0.25, 0.3) is 0 Å². The Hall–Kier alpha value is -1.78. The number of halogens is 2. The first kappa shape index (κ1) is 23.5. The van der Waals surface area contributed by atoms with E-state index in [9.17, 15) is 17.9 Å². The number of nitrogens with zero attached hydrogens (tertiary/aromatic N) is 3. The van der Waals surface area contributed by atoms with Gasteiger partial charge in [0.15, 0.2) is 0 Å². The van der Waals surface area contributed by atoms with E-state index in [1.807, 2.05) is 0 Å². The fourth-order valence-electron chi connectivity index (χ4n) is 3.04. The number of aliphatic hydroxyl groups is 1. The number of hydrogen-bond donors (Lipinski definition) is 2. The van der Waals surface area contributed by atoms with Gasteiger partial charge in [0.1, 0.15) is 10.7 Å². The van der Waals surface area contributed by atoms with E-state index in [-0.39, 0.29) is 23.0 Å². The van der Waals surface area contributed by atoms with Crippen molar-refractivity contribution < 1.29 is 17.9 Å². The molecule has 1 aromatic carbocycles. The predicted octanol–water partition coefficient (Wildman–Crippen LogP) is 2.55. The molecule has 7 nitrogen and oxygen atoms in total. The molecule has 10 heteroatoms. The largest absolute Gasteiger partial charge is 0.387 e. The molecule has 1 unspecified atom stereocenters. The highest BCUT2D eigenvalue weighted by Crippen LogP contribution is 2.29. The number of hydrogen-bond acceptors (Lipinski definition) is 5. The second-order valence-electron chi connectivity index (χ2n) is 6.90. The van der Waals surface area contributed by atoms with E-state index in [1.165, 1.54) is 30.9 Å². The molecule has 0 bridgehead atoms. The maximum Gasteiger partial charge on any atom is 0.244 e. The topological polar surface area (TPSA) is 101 Å². The second kappa shape index (κ2) is 9.36. The van der Waals surface area contributed by atoms with Gasteiger partial charge < -0.3 is 10.8 Å². The lowest BCUT2D eigenvalue weighted by Crippen LogP contribution is -2.22. The minimum atomic E-state index is -3.66. The maximum atomic E-state index is 13.9. The van der Waals surface area contributed by atoms with Gasteiger partial charge in [-0.15, -0.1) is 0 Å². The Kier molecular flexibility index (Phi) is 7.58. The van der Waals surface area contributed by atoms with Gasteiger partial charge in [0, 0.05) is 32.6 Å². The molecule has 1 atom stereocenters. The summed E-state index contributed by atoms with van der Waals surface area (Å²) in [7, 11) is -0.785. The van der Waals surface area contributed by atoms with E-state index in [0.29, 0.717) is 17.8 Å². The molecule has 1 aromatic heterocycles. The molecule has 0 spiro atoms. The van der Waals surface area contributed by atoms with Crippen molar-refractivity contribution in [2.45, 2.75) is 37.8 Å². The first-order chi connectivity index (χ1) is 13.5. The molecular formula is C19H26ClFN4O3S. The zero-order valence-electron chi connectivity index (χ0n) is 16.9. The Morgan fingerprint density at radius 3 is 2.62 bits per heavy atom. The molecule has 0 saturated heterocycles. The van der Waals surface area contributed by atoms with Crippen molar-refractivity contribution in [1.82, 2.24) is 14.1 Å². The summed E-state index contributed by atoms with van der Waals surface area (Å²) in [6.07, 6.45) is 0.739. The average molecular weight is 445 g/mol. The summed E-state index contributed by atoms with van der Waals surface area (Å²) < 4.78 is 41.1. The quantitative estimate of drug-likeness (QED) is 0.651. The van der Waals surface area contributed by atoms with Crippen LogP contribution < -0.4 is 5.73 Å². The molecule has 0 amide bonds. The van der Waals surface area contributed by atoms with Crippen LogP contribution in [0, 0.1) is 6.92 Å². The van der Waals surface area contributed by atoms with Gasteiger partial charge in [-0.25, -0.2) is 17.1 Å². The van der Waals surface area contributed by atoms with Crippen molar-refractivity contribution in [3.05, 3.63) is 57.6 Å². The number of aryl methyl sites for hydroxylation is 1. The monoisotopic (exact) mass is 444 g/mol. The molecule has 2 rings (SSSR count). The minimum absolute atomic E-state index is 0.0186. The highest BCUT2D eigenvalue weighted by molar-refractivity contribution is 7.89. The molecule has 2 aromatic rings. The Balaban J connectivity index is 2.43. The lowest BCUT2D eigenvalue weighted by atomic mass is 10.0. The third-order valence-corrected chi connectivity index (χ3v) is 6.76. The Labute approximate surface area is 175 Å². The van der Waals surface area contributed by atoms with Crippen LogP contribution in [0.1, 0.15) is 35.5 Å². The molecule has 0 radical (unpaired) electrons. The number of sulfonamides is 1. The zero-order chi connectivity index (χ0) is 21.9. The Morgan fingerprint density at radius 1 is 1.45 bits per heavy atom. The van der Waals surface area contributed by atoms with Gasteiger partial charge in [0.2, 0.25) is 10.0 Å². The lowest BCUT2D eigenvalue weighted by molar-refractivity contribution is 0.186. The molecule has 0 saturated carbocycles. The van der Waals surface area contributed by atoms with Crippen LogP contribution in [0.2, 0.25) is 5.02 Å². The van der Waals surface area contributed by atoms with Crippen LogP contribution in [0.5, 0.6) is 0 Å². The van der Waals surface area contributed by atoms with E-state index in [4.69, 9.17) is 17.3 Å². The number of aliphatic hydroxyl groups excluding tert-OH is 1. The van der Waals surface area contributed by atoms with Crippen LogP contribution in [0.4, 0.5) is 4.39 Å². The van der Waals surface area contributed by atoms with Gasteiger partial charge in [-0.2, -0.15) is 5.10 Å². The second-order valence-corrected chi connectivity index (χ2v) is 9.43. The van der Waals surface area contributed by atoms with Gasteiger partial charge in [-0.1, -0.05) is 17.7 Å². The van der Waals surface area contributed by atoms with Gasteiger partial charge in [0.05, 0.1) is 29.1 Å². The summed E-state index contributed by atoms with van der Waals surface area (Å²) in [5, 5.41) is 14.7. The number of benzene rings is 1. The fourth-order valence-corrected chi connectivity index (χ4v) is 4.48. The summed E-state index contributed by atoms with van der Waals surface area (Å²) in [5.41, 5.74) is 7.95. The van der Waals surface area contributed by atoms with E-state index < -0.39 is 22.0 Å². The summed E-state index contributed by atoms with van der Waals surface area (Å²) >= 11 is 6.23. The lowest BCUT2D eigenvalue weighted by Gasteiger charge is -2.14. The standard InChI is InChI=1S/C19H26ClFN4O3S/c1-12-16(19(13(2)26)25(23-12)11-15(21)7-8-22)9-14-5-6-18(17(20)10-14)29(27,28)24(3)4/h5-7,10,13,26H,8-9,11,22H2,1-4H3/b15-7-. The normalized spacial score (nSPS) is 13.9. The van der Waals surface area contributed by atoms with Gasteiger partial charge >= 0.3 is 0 Å². The summed E-state index contributed by atoms with van der Waals surface area (Å²) in [4.78, 5) is 0.0186. The molecule has 0 aliphatic heterocycles. The average Bonchev–Trinajstić information content (AvgIpc) is 2.89. The van der Waals surface area contributed by atoms with Crippen molar-refractivity contribution in [2.24, 2.45) is 5.73 Å². The zero-order valence-corrected chi connectivity index (χ0v) is 18.4. The number of nitrogens with two attached hydrogens (primary N) is 1. The number of allylic oxidation sites excluding steroid dienone is 1. The highest BCUT2D eigenvalue weighted by atomic mass is 35.5. The maximum absolute atomic E-state index is 13.9. The van der Waals surface area contributed by atoms with Crippen LogP contribution in [0.15, 0.2) is 35.0 Å². The van der Waals surface area contributed by atoms with Crippen LogP contribution in [0.3, 0.4) is 0 Å². The van der Waals surface area contributed by atoms with Crippen molar-refractivity contribution in [2.75, 3.05) is 20.6 Å². The predicted molar refractivity (Wildman–Crippen MR) is 111 cm³/mol. The Bertz CT molecular complexity index is 1020. The van der Waals surface area contributed by atoms with Crippen LogP contribution in [-0.2, 0) is 23.0 Å².